The summed E-state index contributed by atoms with van der Waals surface area (Å²) in [4.78, 5) is 12.3. The van der Waals surface area contributed by atoms with E-state index in [2.05, 4.69) is 12.6 Å². The van der Waals surface area contributed by atoms with Crippen LogP contribution in [0.3, 0.4) is 0 Å². The number of benzene rings is 1. The molecule has 3 heteroatoms. The fraction of sp³-hybridized carbons (Fsp3) is 0.273. The number of rotatable bonds is 3. The van der Waals surface area contributed by atoms with Crippen molar-refractivity contribution in [1.82, 2.24) is 0 Å². The van der Waals surface area contributed by atoms with Crippen LogP contribution in [-0.2, 0) is 6.42 Å². The number of hydrogen-bond acceptors (Lipinski definition) is 3. The Bertz CT molecular complexity index is 393. The lowest BCUT2D eigenvalue weighted by atomic mass is 10.0. The summed E-state index contributed by atoms with van der Waals surface area (Å²) in [6.07, 6.45) is 0.727. The van der Waals surface area contributed by atoms with Crippen molar-refractivity contribution >= 4 is 18.4 Å². The molecule has 0 bridgehead atoms. The quantitative estimate of drug-likeness (QED) is 0.608. The molecular formula is C11H11NOS. The number of carbonyl (C=O) groups is 1. The van der Waals surface area contributed by atoms with Gasteiger partial charge >= 0.3 is 0 Å². The molecule has 0 aromatic heterocycles. The Morgan fingerprint density at radius 3 is 2.86 bits per heavy atom. The van der Waals surface area contributed by atoms with Crippen LogP contribution in [0.1, 0.15) is 29.3 Å². The topological polar surface area (TPSA) is 40.9 Å². The summed E-state index contributed by atoms with van der Waals surface area (Å²) in [5.74, 6) is 0.0613. The molecule has 1 rings (SSSR count). The Hall–Kier alpha value is -1.27. The normalized spacial score (nSPS) is 9.50. The number of carbonyl (C=O) groups excluding carboxylic acids is 1. The minimum absolute atomic E-state index is 0.0613. The molecule has 0 saturated heterocycles. The van der Waals surface area contributed by atoms with Gasteiger partial charge in [0.05, 0.1) is 12.5 Å². The molecule has 1 aromatic carbocycles. The van der Waals surface area contributed by atoms with Gasteiger partial charge in [-0.3, -0.25) is 4.79 Å². The molecule has 0 atom stereocenters. The molecule has 72 valence electrons. The van der Waals surface area contributed by atoms with Gasteiger partial charge in [0, 0.05) is 16.9 Å². The van der Waals surface area contributed by atoms with Crippen LogP contribution in [0.2, 0.25) is 0 Å². The summed E-state index contributed by atoms with van der Waals surface area (Å²) in [5.41, 5.74) is 1.42. The van der Waals surface area contributed by atoms with Gasteiger partial charge in [-0.25, -0.2) is 0 Å². The second kappa shape index (κ2) is 4.83. The second-order valence-corrected chi connectivity index (χ2v) is 3.47. The van der Waals surface area contributed by atoms with Crippen LogP contribution < -0.4 is 0 Å². The van der Waals surface area contributed by atoms with E-state index in [1.165, 1.54) is 0 Å². The largest absolute Gasteiger partial charge is 0.294 e. The van der Waals surface area contributed by atoms with Gasteiger partial charge in [-0.1, -0.05) is 13.0 Å². The zero-order chi connectivity index (χ0) is 10.6. The average Bonchev–Trinajstić information content (AvgIpc) is 2.20. The van der Waals surface area contributed by atoms with Gasteiger partial charge in [-0.2, -0.15) is 5.26 Å². The molecule has 2 nitrogen and oxygen atoms in total. The first kappa shape index (κ1) is 10.8. The van der Waals surface area contributed by atoms with E-state index >= 15 is 0 Å². The molecule has 0 aliphatic carbocycles. The lowest BCUT2D eigenvalue weighted by Gasteiger charge is -2.05. The predicted molar refractivity (Wildman–Crippen MR) is 57.6 cm³/mol. The van der Waals surface area contributed by atoms with E-state index in [0.717, 1.165) is 10.5 Å². The van der Waals surface area contributed by atoms with E-state index < -0.39 is 0 Å². The van der Waals surface area contributed by atoms with Crippen molar-refractivity contribution in [2.75, 3.05) is 0 Å². The molecule has 0 unspecified atom stereocenters. The Morgan fingerprint density at radius 1 is 1.57 bits per heavy atom. The van der Waals surface area contributed by atoms with Gasteiger partial charge in [-0.15, -0.1) is 12.6 Å². The second-order valence-electron chi connectivity index (χ2n) is 2.95. The molecule has 0 saturated carbocycles. The minimum atomic E-state index is 0.0613. The summed E-state index contributed by atoms with van der Waals surface area (Å²) < 4.78 is 0. The zero-order valence-electron chi connectivity index (χ0n) is 7.95. The van der Waals surface area contributed by atoms with E-state index in [1.54, 1.807) is 18.2 Å². The third kappa shape index (κ3) is 2.36. The Balaban J connectivity index is 3.16. The summed E-state index contributed by atoms with van der Waals surface area (Å²) in [6.45, 7) is 1.81. The molecule has 14 heavy (non-hydrogen) atoms. The van der Waals surface area contributed by atoms with Gasteiger partial charge in [0.15, 0.2) is 5.78 Å². The van der Waals surface area contributed by atoms with E-state index in [9.17, 15) is 4.79 Å². The van der Waals surface area contributed by atoms with E-state index in [1.807, 2.05) is 13.0 Å². The van der Waals surface area contributed by atoms with Gasteiger partial charge < -0.3 is 0 Å². The number of nitrogens with zero attached hydrogens (tertiary/aromatic N) is 1. The Labute approximate surface area is 89.0 Å². The van der Waals surface area contributed by atoms with Crippen LogP contribution in [-0.4, -0.2) is 5.78 Å². The third-order valence-electron chi connectivity index (χ3n) is 1.98. The zero-order valence-corrected chi connectivity index (χ0v) is 8.84. The maximum atomic E-state index is 11.5. The SMILES string of the molecule is CCC(=O)c1cc(S)ccc1CC#N. The van der Waals surface area contributed by atoms with Crippen molar-refractivity contribution < 1.29 is 4.79 Å². The molecule has 0 heterocycles. The molecule has 1 aromatic rings. The highest BCUT2D eigenvalue weighted by Crippen LogP contribution is 2.17. The fourth-order valence-electron chi connectivity index (χ4n) is 1.25. The third-order valence-corrected chi connectivity index (χ3v) is 2.26. The van der Waals surface area contributed by atoms with Crippen LogP contribution in [0.5, 0.6) is 0 Å². The molecule has 0 radical (unpaired) electrons. The molecule has 0 N–H and O–H groups in total. The molecule has 0 aliphatic heterocycles. The predicted octanol–water partition coefficient (Wildman–Crippen LogP) is 2.63. The average molecular weight is 205 g/mol. The van der Waals surface area contributed by atoms with Crippen molar-refractivity contribution in [3.05, 3.63) is 29.3 Å². The maximum absolute atomic E-state index is 11.5. The lowest BCUT2D eigenvalue weighted by molar-refractivity contribution is 0.0987. The summed E-state index contributed by atoms with van der Waals surface area (Å²) >= 11 is 4.17. The monoisotopic (exact) mass is 205 g/mol. The van der Waals surface area contributed by atoms with Crippen LogP contribution in [0.25, 0.3) is 0 Å². The molecule has 0 amide bonds. The Morgan fingerprint density at radius 2 is 2.29 bits per heavy atom. The number of Topliss-reactive ketones (excluding diaryl/α,β-unsaturated/α-hetero) is 1. The highest BCUT2D eigenvalue weighted by atomic mass is 32.1. The van der Waals surface area contributed by atoms with E-state index in [0.29, 0.717) is 12.0 Å². The maximum Gasteiger partial charge on any atom is 0.162 e. The molecule has 0 fully saturated rings. The van der Waals surface area contributed by atoms with E-state index in [4.69, 9.17) is 5.26 Å². The van der Waals surface area contributed by atoms with Gasteiger partial charge in [0.1, 0.15) is 0 Å². The summed E-state index contributed by atoms with van der Waals surface area (Å²) in [7, 11) is 0. The summed E-state index contributed by atoms with van der Waals surface area (Å²) in [5, 5.41) is 8.59. The standard InChI is InChI=1S/C11H11NOS/c1-2-11(13)10-7-9(14)4-3-8(10)5-6-12/h3-4,7,14H,2,5H2,1H3. The highest BCUT2D eigenvalue weighted by molar-refractivity contribution is 7.80. The smallest absolute Gasteiger partial charge is 0.162 e. The number of nitriles is 1. The van der Waals surface area contributed by atoms with Crippen LogP contribution in [0.15, 0.2) is 23.1 Å². The van der Waals surface area contributed by atoms with Crippen molar-refractivity contribution in [3.8, 4) is 6.07 Å². The summed E-state index contributed by atoms with van der Waals surface area (Å²) in [6, 6.07) is 7.35. The van der Waals surface area contributed by atoms with E-state index in [-0.39, 0.29) is 12.2 Å². The Kier molecular flexibility index (Phi) is 3.73. The number of thiol groups is 1. The first-order valence-corrected chi connectivity index (χ1v) is 4.85. The first-order chi connectivity index (χ1) is 6.69. The van der Waals surface area contributed by atoms with Crippen LogP contribution >= 0.6 is 12.6 Å². The number of ketones is 1. The molecular weight excluding hydrogens is 194 g/mol. The van der Waals surface area contributed by atoms with Crippen molar-refractivity contribution in [2.24, 2.45) is 0 Å². The van der Waals surface area contributed by atoms with Crippen LogP contribution in [0.4, 0.5) is 0 Å². The fourth-order valence-corrected chi connectivity index (χ4v) is 1.46. The minimum Gasteiger partial charge on any atom is -0.294 e. The van der Waals surface area contributed by atoms with Gasteiger partial charge in [0.25, 0.3) is 0 Å². The highest BCUT2D eigenvalue weighted by Gasteiger charge is 2.09. The molecule has 0 spiro atoms. The lowest BCUT2D eigenvalue weighted by Crippen LogP contribution is -2.02. The molecule has 0 aliphatic rings. The van der Waals surface area contributed by atoms with Crippen LogP contribution in [0, 0.1) is 11.3 Å². The van der Waals surface area contributed by atoms with Crippen molar-refractivity contribution in [1.29, 1.82) is 5.26 Å². The van der Waals surface area contributed by atoms with Crippen molar-refractivity contribution in [3.63, 3.8) is 0 Å². The van der Waals surface area contributed by atoms with Gasteiger partial charge in [0.2, 0.25) is 0 Å². The van der Waals surface area contributed by atoms with Gasteiger partial charge in [-0.05, 0) is 17.7 Å². The first-order valence-electron chi connectivity index (χ1n) is 4.41. The number of hydrogen-bond donors (Lipinski definition) is 1. The van der Waals surface area contributed by atoms with Crippen molar-refractivity contribution in [2.45, 2.75) is 24.7 Å².